The first-order chi connectivity index (χ1) is 8.60. The molecular weight excluding hydrogens is 250 g/mol. The van der Waals surface area contributed by atoms with Crippen molar-refractivity contribution >= 4 is 23.3 Å². The van der Waals surface area contributed by atoms with Crippen LogP contribution in [-0.4, -0.2) is 15.7 Å². The summed E-state index contributed by atoms with van der Waals surface area (Å²) in [6, 6.07) is 9.16. The molecule has 0 aliphatic carbocycles. The third-order valence-electron chi connectivity index (χ3n) is 2.47. The van der Waals surface area contributed by atoms with Crippen molar-refractivity contribution in [3.8, 4) is 5.69 Å². The van der Waals surface area contributed by atoms with E-state index < -0.39 is 0 Å². The first-order valence-corrected chi connectivity index (χ1v) is 6.10. The first-order valence-electron chi connectivity index (χ1n) is 5.72. The van der Waals surface area contributed by atoms with E-state index in [2.05, 4.69) is 10.4 Å². The lowest BCUT2D eigenvalue weighted by Crippen LogP contribution is -2.13. The van der Waals surface area contributed by atoms with Crippen molar-refractivity contribution in [1.29, 1.82) is 0 Å². The van der Waals surface area contributed by atoms with Crippen molar-refractivity contribution in [3.05, 3.63) is 41.0 Å². The molecule has 0 unspecified atom stereocenters. The highest BCUT2D eigenvalue weighted by molar-refractivity contribution is 6.30. The fourth-order valence-electron chi connectivity index (χ4n) is 1.62. The van der Waals surface area contributed by atoms with E-state index in [4.69, 9.17) is 11.6 Å². The minimum Gasteiger partial charge on any atom is -0.311 e. The molecule has 18 heavy (non-hydrogen) atoms. The Hall–Kier alpha value is -1.81. The molecule has 1 N–H and O–H groups in total. The largest absolute Gasteiger partial charge is 0.311 e. The van der Waals surface area contributed by atoms with Crippen LogP contribution in [0.1, 0.15) is 19.0 Å². The highest BCUT2D eigenvalue weighted by Gasteiger charge is 2.09. The molecule has 0 aliphatic heterocycles. The van der Waals surface area contributed by atoms with Crippen molar-refractivity contribution < 1.29 is 4.79 Å². The van der Waals surface area contributed by atoms with Gasteiger partial charge in [0.1, 0.15) is 5.82 Å². The molecule has 2 aromatic rings. The van der Waals surface area contributed by atoms with Gasteiger partial charge < -0.3 is 5.32 Å². The molecule has 5 heteroatoms. The number of aryl methyl sites for hydroxylation is 1. The maximum absolute atomic E-state index is 11.5. The lowest BCUT2D eigenvalue weighted by atomic mass is 10.3. The van der Waals surface area contributed by atoms with Crippen molar-refractivity contribution in [2.45, 2.75) is 20.3 Å². The summed E-state index contributed by atoms with van der Waals surface area (Å²) in [5.74, 6) is 0.611. The van der Waals surface area contributed by atoms with Crippen LogP contribution in [0.15, 0.2) is 30.3 Å². The molecule has 0 spiro atoms. The number of hydrogen-bond acceptors (Lipinski definition) is 2. The fraction of sp³-hybridized carbons (Fsp3) is 0.231. The first kappa shape index (κ1) is 12.6. The average Bonchev–Trinajstić information content (AvgIpc) is 2.70. The summed E-state index contributed by atoms with van der Waals surface area (Å²) in [4.78, 5) is 11.5. The van der Waals surface area contributed by atoms with E-state index in [0.29, 0.717) is 17.3 Å². The third kappa shape index (κ3) is 2.71. The predicted octanol–water partition coefficient (Wildman–Crippen LogP) is 3.18. The van der Waals surface area contributed by atoms with Crippen LogP contribution in [0.3, 0.4) is 0 Å². The van der Waals surface area contributed by atoms with E-state index in [1.165, 1.54) is 0 Å². The van der Waals surface area contributed by atoms with Gasteiger partial charge in [0.15, 0.2) is 0 Å². The molecule has 0 bridgehead atoms. The fourth-order valence-corrected chi connectivity index (χ4v) is 1.81. The summed E-state index contributed by atoms with van der Waals surface area (Å²) >= 11 is 5.96. The molecule has 0 aliphatic rings. The Bertz CT molecular complexity index is 577. The SMILES string of the molecule is CCC(=O)Nc1cc(C)nn1-c1cccc(Cl)c1. The standard InChI is InChI=1S/C13H14ClN3O/c1-3-13(18)15-12-7-9(2)16-17(12)11-6-4-5-10(14)8-11/h4-8H,3H2,1-2H3,(H,15,18). The van der Waals surface area contributed by atoms with Gasteiger partial charge in [-0.05, 0) is 25.1 Å². The van der Waals surface area contributed by atoms with Gasteiger partial charge in [0.25, 0.3) is 0 Å². The van der Waals surface area contributed by atoms with E-state index in [9.17, 15) is 4.79 Å². The average molecular weight is 264 g/mol. The summed E-state index contributed by atoms with van der Waals surface area (Å²) in [6.07, 6.45) is 0.430. The molecule has 0 radical (unpaired) electrons. The van der Waals surface area contributed by atoms with E-state index in [1.54, 1.807) is 16.8 Å². The number of hydrogen-bond donors (Lipinski definition) is 1. The van der Waals surface area contributed by atoms with Crippen molar-refractivity contribution in [2.24, 2.45) is 0 Å². The van der Waals surface area contributed by atoms with Gasteiger partial charge in [-0.15, -0.1) is 0 Å². The Morgan fingerprint density at radius 1 is 1.44 bits per heavy atom. The van der Waals surface area contributed by atoms with Gasteiger partial charge in [0, 0.05) is 17.5 Å². The number of rotatable bonds is 3. The molecule has 94 valence electrons. The Morgan fingerprint density at radius 3 is 2.89 bits per heavy atom. The van der Waals surface area contributed by atoms with Crippen LogP contribution in [0, 0.1) is 6.92 Å². The highest BCUT2D eigenvalue weighted by atomic mass is 35.5. The van der Waals surface area contributed by atoms with Gasteiger partial charge in [0.2, 0.25) is 5.91 Å². The van der Waals surface area contributed by atoms with Gasteiger partial charge in [-0.2, -0.15) is 5.10 Å². The maximum Gasteiger partial charge on any atom is 0.225 e. The molecule has 0 atom stereocenters. The van der Waals surface area contributed by atoms with Crippen LogP contribution in [0.4, 0.5) is 5.82 Å². The van der Waals surface area contributed by atoms with E-state index in [1.807, 2.05) is 32.0 Å². The molecule has 1 amide bonds. The minimum atomic E-state index is -0.0434. The van der Waals surface area contributed by atoms with E-state index >= 15 is 0 Å². The zero-order valence-corrected chi connectivity index (χ0v) is 11.0. The van der Waals surface area contributed by atoms with Crippen LogP contribution in [0.2, 0.25) is 5.02 Å². The summed E-state index contributed by atoms with van der Waals surface area (Å²) < 4.78 is 1.68. The van der Waals surface area contributed by atoms with Gasteiger partial charge in [-0.1, -0.05) is 24.6 Å². The maximum atomic E-state index is 11.5. The summed E-state index contributed by atoms with van der Waals surface area (Å²) in [5.41, 5.74) is 1.66. The molecule has 1 aromatic heterocycles. The molecule has 0 saturated heterocycles. The monoisotopic (exact) mass is 263 g/mol. The quantitative estimate of drug-likeness (QED) is 0.924. The van der Waals surface area contributed by atoms with Crippen molar-refractivity contribution in [2.75, 3.05) is 5.32 Å². The summed E-state index contributed by atoms with van der Waals surface area (Å²) in [5, 5.41) is 7.80. The number of nitrogens with one attached hydrogen (secondary N) is 1. The van der Waals surface area contributed by atoms with Gasteiger partial charge in [0.05, 0.1) is 11.4 Å². The van der Waals surface area contributed by atoms with Gasteiger partial charge in [-0.3, -0.25) is 4.79 Å². The molecule has 0 fully saturated rings. The molecule has 0 saturated carbocycles. The molecule has 1 heterocycles. The predicted molar refractivity (Wildman–Crippen MR) is 72.2 cm³/mol. The number of carbonyl (C=O) groups is 1. The summed E-state index contributed by atoms with van der Waals surface area (Å²) in [6.45, 7) is 3.69. The Kier molecular flexibility index (Phi) is 3.67. The Morgan fingerprint density at radius 2 is 2.22 bits per heavy atom. The van der Waals surface area contributed by atoms with Crippen molar-refractivity contribution in [1.82, 2.24) is 9.78 Å². The number of halogens is 1. The molecular formula is C13H14ClN3O. The van der Waals surface area contributed by atoms with Crippen LogP contribution in [0.25, 0.3) is 5.69 Å². The lowest BCUT2D eigenvalue weighted by Gasteiger charge is -2.08. The number of anilines is 1. The smallest absolute Gasteiger partial charge is 0.225 e. The lowest BCUT2D eigenvalue weighted by molar-refractivity contribution is -0.115. The molecule has 4 nitrogen and oxygen atoms in total. The second-order valence-electron chi connectivity index (χ2n) is 3.96. The Balaban J connectivity index is 2.41. The van der Waals surface area contributed by atoms with Crippen LogP contribution < -0.4 is 5.32 Å². The molecule has 2 rings (SSSR count). The number of carbonyl (C=O) groups excluding carboxylic acids is 1. The highest BCUT2D eigenvalue weighted by Crippen LogP contribution is 2.20. The number of benzene rings is 1. The second-order valence-corrected chi connectivity index (χ2v) is 4.40. The summed E-state index contributed by atoms with van der Waals surface area (Å²) in [7, 11) is 0. The third-order valence-corrected chi connectivity index (χ3v) is 2.71. The van der Waals surface area contributed by atoms with Crippen molar-refractivity contribution in [3.63, 3.8) is 0 Å². The zero-order chi connectivity index (χ0) is 13.1. The minimum absolute atomic E-state index is 0.0434. The topological polar surface area (TPSA) is 46.9 Å². The normalized spacial score (nSPS) is 10.4. The van der Waals surface area contributed by atoms with Gasteiger partial charge >= 0.3 is 0 Å². The number of nitrogens with zero attached hydrogens (tertiary/aromatic N) is 2. The van der Waals surface area contributed by atoms with E-state index in [-0.39, 0.29) is 5.91 Å². The van der Waals surface area contributed by atoms with Crippen LogP contribution in [0.5, 0.6) is 0 Å². The van der Waals surface area contributed by atoms with E-state index in [0.717, 1.165) is 11.4 Å². The number of amides is 1. The second kappa shape index (κ2) is 5.23. The molecule has 1 aromatic carbocycles. The number of aromatic nitrogens is 2. The van der Waals surface area contributed by atoms with Crippen LogP contribution >= 0.6 is 11.6 Å². The van der Waals surface area contributed by atoms with Crippen LogP contribution in [-0.2, 0) is 4.79 Å². The zero-order valence-electron chi connectivity index (χ0n) is 10.3. The Labute approximate surface area is 111 Å². The van der Waals surface area contributed by atoms with Gasteiger partial charge in [-0.25, -0.2) is 4.68 Å².